The molecule has 3 aliphatic heterocycles. The maximum atomic E-state index is 13.3. The van der Waals surface area contributed by atoms with Gasteiger partial charge in [-0.2, -0.15) is 18.4 Å². The highest BCUT2D eigenvalue weighted by Gasteiger charge is 2.40. The number of benzene rings is 2. The quantitative estimate of drug-likeness (QED) is 0.488. The molecule has 39 heavy (non-hydrogen) atoms. The van der Waals surface area contributed by atoms with E-state index >= 15 is 0 Å². The summed E-state index contributed by atoms with van der Waals surface area (Å²) in [5.74, 6) is 1.37. The molecule has 0 spiro atoms. The number of hydrogen-bond donors (Lipinski definition) is 1. The van der Waals surface area contributed by atoms with E-state index in [-0.39, 0.29) is 24.9 Å². The van der Waals surface area contributed by atoms with Crippen LogP contribution in [-0.2, 0) is 11.0 Å². The third-order valence-corrected chi connectivity index (χ3v) is 8.31. The average Bonchev–Trinajstić information content (AvgIpc) is 3.47. The molecule has 5 rings (SSSR count). The number of piperidine rings is 1. The summed E-state index contributed by atoms with van der Waals surface area (Å²) in [6.07, 6.45) is -2.76. The van der Waals surface area contributed by atoms with Crippen molar-refractivity contribution in [1.29, 1.82) is 5.26 Å². The number of anilines is 2. The average molecular weight is 562 g/mol. The molecule has 2 aromatic carbocycles. The molecule has 3 saturated heterocycles. The van der Waals surface area contributed by atoms with E-state index in [2.05, 4.69) is 27.2 Å². The first-order valence-electron chi connectivity index (χ1n) is 13.1. The van der Waals surface area contributed by atoms with Crippen molar-refractivity contribution in [3.63, 3.8) is 0 Å². The fourth-order valence-electron chi connectivity index (χ4n) is 6.02. The van der Waals surface area contributed by atoms with E-state index < -0.39 is 11.7 Å². The van der Waals surface area contributed by atoms with E-state index in [9.17, 15) is 18.0 Å². The second kappa shape index (κ2) is 12.1. The van der Waals surface area contributed by atoms with Crippen LogP contribution in [0.1, 0.15) is 37.8 Å². The standard InChI is InChI=1S/C28H31ClF3N5O.CH4/c29-22-2-5-25(6-3-22)37-17-20-15-35(16-21(20)18-37)10-9-27(38)36-11-7-23(8-12-36)34-24-4-1-19(14-33)26(13-24)28(30,31)32;/h1-6,13,20-21,23,34H,7-12,15-18H2;1H4. The van der Waals surface area contributed by atoms with Crippen LogP contribution < -0.4 is 10.2 Å². The number of amides is 1. The number of alkyl halides is 3. The fourth-order valence-corrected chi connectivity index (χ4v) is 6.15. The maximum Gasteiger partial charge on any atom is 0.417 e. The van der Waals surface area contributed by atoms with Gasteiger partial charge in [0.25, 0.3) is 0 Å². The lowest BCUT2D eigenvalue weighted by Gasteiger charge is -2.33. The first kappa shape index (κ1) is 29.0. The summed E-state index contributed by atoms with van der Waals surface area (Å²) in [5, 5.41) is 12.9. The molecule has 6 nitrogen and oxygen atoms in total. The molecule has 210 valence electrons. The van der Waals surface area contributed by atoms with Gasteiger partial charge in [0.15, 0.2) is 0 Å². The Labute approximate surface area is 233 Å². The molecule has 10 heteroatoms. The lowest BCUT2D eigenvalue weighted by molar-refractivity contribution is -0.137. The lowest BCUT2D eigenvalue weighted by atomic mass is 10.0. The lowest BCUT2D eigenvalue weighted by Crippen LogP contribution is -2.43. The second-order valence-corrected chi connectivity index (χ2v) is 11.0. The Bertz CT molecular complexity index is 1180. The molecule has 0 aliphatic carbocycles. The highest BCUT2D eigenvalue weighted by molar-refractivity contribution is 6.30. The van der Waals surface area contributed by atoms with Crippen molar-refractivity contribution in [3.05, 3.63) is 58.6 Å². The van der Waals surface area contributed by atoms with Crippen LogP contribution in [-0.4, -0.2) is 67.6 Å². The van der Waals surface area contributed by atoms with Crippen molar-refractivity contribution in [3.8, 4) is 6.07 Å². The molecule has 2 aromatic rings. The minimum Gasteiger partial charge on any atom is -0.382 e. The van der Waals surface area contributed by atoms with Gasteiger partial charge in [0.1, 0.15) is 0 Å². The molecule has 0 bridgehead atoms. The minimum atomic E-state index is -4.58. The minimum absolute atomic E-state index is 0. The smallest absolute Gasteiger partial charge is 0.382 e. The van der Waals surface area contributed by atoms with Crippen LogP contribution in [0.4, 0.5) is 24.5 Å². The summed E-state index contributed by atoms with van der Waals surface area (Å²) < 4.78 is 39.8. The van der Waals surface area contributed by atoms with Crippen molar-refractivity contribution >= 4 is 28.9 Å². The Morgan fingerprint density at radius 3 is 2.26 bits per heavy atom. The van der Waals surface area contributed by atoms with Crippen molar-refractivity contribution < 1.29 is 18.0 Å². The SMILES string of the molecule is C.N#Cc1ccc(NC2CCN(C(=O)CCN3CC4CN(c5ccc(Cl)cc5)CC4C3)CC2)cc1C(F)(F)F. The Balaban J connectivity index is 0.00000353. The van der Waals surface area contributed by atoms with E-state index in [0.717, 1.165) is 43.8 Å². The molecule has 0 aromatic heterocycles. The summed E-state index contributed by atoms with van der Waals surface area (Å²) in [6, 6.07) is 13.3. The van der Waals surface area contributed by atoms with Crippen molar-refractivity contribution in [2.45, 2.75) is 38.9 Å². The first-order valence-corrected chi connectivity index (χ1v) is 13.5. The number of carbonyl (C=O) groups is 1. The zero-order valence-corrected chi connectivity index (χ0v) is 21.8. The zero-order chi connectivity index (χ0) is 26.9. The first-order chi connectivity index (χ1) is 18.2. The molecular formula is C29H35ClF3N5O. The van der Waals surface area contributed by atoms with E-state index in [0.29, 0.717) is 49.9 Å². The number of rotatable bonds is 6. The molecule has 0 radical (unpaired) electrons. The third-order valence-electron chi connectivity index (χ3n) is 8.06. The predicted octanol–water partition coefficient (Wildman–Crippen LogP) is 5.73. The van der Waals surface area contributed by atoms with E-state index in [4.69, 9.17) is 16.9 Å². The number of fused-ring (bicyclic) bond motifs is 1. The zero-order valence-electron chi connectivity index (χ0n) is 21.1. The topological polar surface area (TPSA) is 62.6 Å². The largest absolute Gasteiger partial charge is 0.417 e. The van der Waals surface area contributed by atoms with Gasteiger partial charge in [-0.1, -0.05) is 19.0 Å². The van der Waals surface area contributed by atoms with Gasteiger partial charge in [-0.25, -0.2) is 0 Å². The summed E-state index contributed by atoms with van der Waals surface area (Å²) in [6.45, 7) is 6.01. The van der Waals surface area contributed by atoms with E-state index in [1.807, 2.05) is 17.0 Å². The van der Waals surface area contributed by atoms with Crippen molar-refractivity contribution in [1.82, 2.24) is 9.80 Å². The third kappa shape index (κ3) is 6.79. The Morgan fingerprint density at radius 1 is 1.03 bits per heavy atom. The monoisotopic (exact) mass is 561 g/mol. The molecule has 1 amide bonds. The number of nitriles is 1. The summed E-state index contributed by atoms with van der Waals surface area (Å²) >= 11 is 6.02. The van der Waals surface area contributed by atoms with Gasteiger partial charge >= 0.3 is 6.18 Å². The molecule has 3 heterocycles. The van der Waals surface area contributed by atoms with Crippen molar-refractivity contribution in [2.24, 2.45) is 11.8 Å². The van der Waals surface area contributed by atoms with Crippen molar-refractivity contribution in [2.75, 3.05) is 56.0 Å². The van der Waals surface area contributed by atoms with Crippen LogP contribution in [0.3, 0.4) is 0 Å². The molecule has 2 atom stereocenters. The molecule has 3 fully saturated rings. The highest BCUT2D eigenvalue weighted by atomic mass is 35.5. The van der Waals surface area contributed by atoms with E-state index in [1.54, 1.807) is 6.07 Å². The molecule has 2 unspecified atom stereocenters. The molecule has 3 aliphatic rings. The predicted molar refractivity (Wildman–Crippen MR) is 148 cm³/mol. The molecular weight excluding hydrogens is 527 g/mol. The van der Waals surface area contributed by atoms with Crippen LogP contribution in [0.15, 0.2) is 42.5 Å². The van der Waals surface area contributed by atoms with Crippen LogP contribution in [0.25, 0.3) is 0 Å². The van der Waals surface area contributed by atoms with Gasteiger partial charge in [0.05, 0.1) is 17.2 Å². The summed E-state index contributed by atoms with van der Waals surface area (Å²) in [5.41, 5.74) is 0.240. The van der Waals surface area contributed by atoms with Gasteiger partial charge in [-0.05, 0) is 67.1 Å². The van der Waals surface area contributed by atoms with E-state index in [1.165, 1.54) is 17.8 Å². The maximum absolute atomic E-state index is 13.3. The Kier molecular flexibility index (Phi) is 8.97. The molecule has 1 N–H and O–H groups in total. The Hall–Kier alpha value is -2.96. The van der Waals surface area contributed by atoms with Crippen LogP contribution in [0, 0.1) is 23.2 Å². The second-order valence-electron chi connectivity index (χ2n) is 10.6. The normalized spacial score (nSPS) is 21.8. The summed E-state index contributed by atoms with van der Waals surface area (Å²) in [4.78, 5) is 19.6. The number of halogens is 4. The summed E-state index contributed by atoms with van der Waals surface area (Å²) in [7, 11) is 0. The van der Waals surface area contributed by atoms with Crippen LogP contribution >= 0.6 is 11.6 Å². The number of carbonyl (C=O) groups excluding carboxylic acids is 1. The number of nitrogens with zero attached hydrogens (tertiary/aromatic N) is 4. The number of hydrogen-bond acceptors (Lipinski definition) is 5. The fraction of sp³-hybridized carbons (Fsp3) is 0.517. The van der Waals surface area contributed by atoms with Crippen LogP contribution in [0.5, 0.6) is 0 Å². The van der Waals surface area contributed by atoms with Gasteiger partial charge in [-0.3, -0.25) is 4.79 Å². The number of likely N-dealkylation sites (tertiary alicyclic amines) is 2. The van der Waals surface area contributed by atoms with Gasteiger partial charge in [0.2, 0.25) is 5.91 Å². The molecule has 0 saturated carbocycles. The van der Waals surface area contributed by atoms with Gasteiger partial charge in [0, 0.05) is 74.7 Å². The van der Waals surface area contributed by atoms with Gasteiger partial charge in [-0.15, -0.1) is 0 Å². The number of nitrogens with one attached hydrogen (secondary N) is 1. The Morgan fingerprint density at radius 2 is 1.67 bits per heavy atom. The van der Waals surface area contributed by atoms with Gasteiger partial charge < -0.3 is 20.0 Å². The highest BCUT2D eigenvalue weighted by Crippen LogP contribution is 2.35. The van der Waals surface area contributed by atoms with Crippen LogP contribution in [0.2, 0.25) is 5.02 Å².